The number of aliphatic carboxylic acids is 1. The van der Waals surface area contributed by atoms with Crippen molar-refractivity contribution in [3.63, 3.8) is 0 Å². The third-order valence-corrected chi connectivity index (χ3v) is 2.25. The van der Waals surface area contributed by atoms with Gasteiger partial charge in [-0.1, -0.05) is 0 Å². The van der Waals surface area contributed by atoms with Crippen molar-refractivity contribution in [3.05, 3.63) is 28.8 Å². The van der Waals surface area contributed by atoms with Crippen molar-refractivity contribution in [2.24, 2.45) is 0 Å². The molecule has 1 unspecified atom stereocenters. The fraction of sp³-hybridized carbons (Fsp3) is 0.273. The summed E-state index contributed by atoms with van der Waals surface area (Å²) in [6, 6.07) is 2.09. The highest BCUT2D eigenvalue weighted by molar-refractivity contribution is 5.84. The number of hydrogen-bond donors (Lipinski definition) is 2. The highest BCUT2D eigenvalue weighted by Crippen LogP contribution is 2.27. The lowest BCUT2D eigenvalue weighted by Crippen LogP contribution is -2.14. The summed E-state index contributed by atoms with van der Waals surface area (Å²) < 4.78 is 28.3. The van der Waals surface area contributed by atoms with Crippen LogP contribution in [0, 0.1) is 6.92 Å². The molecule has 1 rings (SSSR count). The van der Waals surface area contributed by atoms with E-state index < -0.39 is 18.7 Å². The first kappa shape index (κ1) is 14.0. The van der Waals surface area contributed by atoms with E-state index in [2.05, 4.69) is 4.74 Å². The first-order chi connectivity index (χ1) is 8.36. The molecule has 5 nitrogen and oxygen atoms in total. The molecule has 18 heavy (non-hydrogen) atoms. The van der Waals surface area contributed by atoms with Crippen LogP contribution in [0.15, 0.2) is 12.1 Å². The number of halogens is 2. The second kappa shape index (κ2) is 5.54. The number of ether oxygens (including phenoxy) is 1. The van der Waals surface area contributed by atoms with E-state index in [9.17, 15) is 23.5 Å². The highest BCUT2D eigenvalue weighted by atomic mass is 19.3. The number of aliphatic hydroxyl groups excluding tert-OH is 1. The van der Waals surface area contributed by atoms with Gasteiger partial charge in [0.25, 0.3) is 0 Å². The number of benzene rings is 1. The van der Waals surface area contributed by atoms with Gasteiger partial charge >= 0.3 is 12.6 Å². The molecule has 0 aliphatic rings. The lowest BCUT2D eigenvalue weighted by molar-refractivity contribution is -0.147. The molecule has 0 heterocycles. The van der Waals surface area contributed by atoms with E-state index in [0.717, 1.165) is 12.1 Å². The average Bonchev–Trinajstić information content (AvgIpc) is 2.29. The van der Waals surface area contributed by atoms with Gasteiger partial charge in [0.05, 0.1) is 0 Å². The standard InChI is InChI=1S/C11H10F2O5/c1-5-2-7(9(15)10(16)17)6(4-14)3-8(5)18-11(12)13/h2-4,9,11,15H,1H3,(H,16,17). The minimum atomic E-state index is -3.06. The van der Waals surface area contributed by atoms with Gasteiger partial charge in [0, 0.05) is 11.1 Å². The molecule has 0 aromatic heterocycles. The van der Waals surface area contributed by atoms with Crippen molar-refractivity contribution in [1.29, 1.82) is 0 Å². The van der Waals surface area contributed by atoms with Gasteiger partial charge in [0.1, 0.15) is 5.75 Å². The summed E-state index contributed by atoms with van der Waals surface area (Å²) in [6.45, 7) is -1.66. The summed E-state index contributed by atoms with van der Waals surface area (Å²) in [6.07, 6.45) is -1.64. The zero-order chi connectivity index (χ0) is 13.9. The maximum absolute atomic E-state index is 12.1. The first-order valence-corrected chi connectivity index (χ1v) is 4.82. The molecule has 0 spiro atoms. The minimum Gasteiger partial charge on any atom is -0.479 e. The predicted molar refractivity (Wildman–Crippen MR) is 55.8 cm³/mol. The van der Waals surface area contributed by atoms with E-state index in [1.807, 2.05) is 0 Å². The molecule has 0 aliphatic heterocycles. The van der Waals surface area contributed by atoms with Gasteiger partial charge < -0.3 is 14.9 Å². The van der Waals surface area contributed by atoms with Crippen LogP contribution in [0.3, 0.4) is 0 Å². The number of alkyl halides is 2. The van der Waals surface area contributed by atoms with E-state index in [0.29, 0.717) is 0 Å². The van der Waals surface area contributed by atoms with Gasteiger partial charge in [-0.05, 0) is 24.6 Å². The quantitative estimate of drug-likeness (QED) is 0.784. The summed E-state index contributed by atoms with van der Waals surface area (Å²) >= 11 is 0. The van der Waals surface area contributed by atoms with Crippen LogP contribution in [0.1, 0.15) is 27.6 Å². The average molecular weight is 260 g/mol. The second-order valence-corrected chi connectivity index (χ2v) is 3.48. The van der Waals surface area contributed by atoms with E-state index in [1.165, 1.54) is 6.92 Å². The molecular formula is C11H10F2O5. The van der Waals surface area contributed by atoms with Crippen molar-refractivity contribution in [2.75, 3.05) is 0 Å². The monoisotopic (exact) mass is 260 g/mol. The number of hydrogen-bond acceptors (Lipinski definition) is 4. The van der Waals surface area contributed by atoms with E-state index in [-0.39, 0.29) is 28.7 Å². The van der Waals surface area contributed by atoms with Gasteiger partial charge in [-0.25, -0.2) is 4.79 Å². The lowest BCUT2D eigenvalue weighted by Gasteiger charge is -2.13. The minimum absolute atomic E-state index is 0.170. The van der Waals surface area contributed by atoms with E-state index in [4.69, 9.17) is 5.11 Å². The van der Waals surface area contributed by atoms with Crippen LogP contribution < -0.4 is 4.74 Å². The molecule has 7 heteroatoms. The van der Waals surface area contributed by atoms with Crippen LogP contribution >= 0.6 is 0 Å². The summed E-state index contributed by atoms with van der Waals surface area (Å²) in [5.74, 6) is -1.78. The number of carbonyl (C=O) groups excluding carboxylic acids is 1. The number of carboxylic acid groups (broad SMARTS) is 1. The van der Waals surface area contributed by atoms with Crippen molar-refractivity contribution in [1.82, 2.24) is 0 Å². The fourth-order valence-electron chi connectivity index (χ4n) is 1.42. The maximum Gasteiger partial charge on any atom is 0.387 e. The normalized spacial score (nSPS) is 12.3. The van der Waals surface area contributed by atoms with Crippen molar-refractivity contribution < 1.29 is 33.3 Å². The van der Waals surface area contributed by atoms with Crippen molar-refractivity contribution in [3.8, 4) is 5.75 Å². The summed E-state index contributed by atoms with van der Waals surface area (Å²) in [5.41, 5.74) is -0.195. The van der Waals surface area contributed by atoms with E-state index >= 15 is 0 Å². The Morgan fingerprint density at radius 3 is 2.50 bits per heavy atom. The van der Waals surface area contributed by atoms with Gasteiger partial charge in [0.2, 0.25) is 0 Å². The van der Waals surface area contributed by atoms with E-state index in [1.54, 1.807) is 0 Å². The van der Waals surface area contributed by atoms with Crippen LogP contribution in [0.5, 0.6) is 5.75 Å². The second-order valence-electron chi connectivity index (χ2n) is 3.48. The molecule has 0 aliphatic carbocycles. The topological polar surface area (TPSA) is 83.8 Å². The molecule has 98 valence electrons. The summed E-state index contributed by atoms with van der Waals surface area (Å²) in [4.78, 5) is 21.4. The van der Waals surface area contributed by atoms with Crippen LogP contribution in [0.2, 0.25) is 0 Å². The highest BCUT2D eigenvalue weighted by Gasteiger charge is 2.21. The first-order valence-electron chi connectivity index (χ1n) is 4.82. The molecule has 1 atom stereocenters. The Balaban J connectivity index is 3.26. The smallest absolute Gasteiger partial charge is 0.387 e. The number of aryl methyl sites for hydroxylation is 1. The van der Waals surface area contributed by atoms with Gasteiger partial charge in [-0.3, -0.25) is 4.79 Å². The Morgan fingerprint density at radius 2 is 2.06 bits per heavy atom. The lowest BCUT2D eigenvalue weighted by atomic mass is 10.00. The fourth-order valence-corrected chi connectivity index (χ4v) is 1.42. The number of carboxylic acids is 1. The van der Waals surface area contributed by atoms with Crippen molar-refractivity contribution in [2.45, 2.75) is 19.6 Å². The number of aldehydes is 1. The van der Waals surface area contributed by atoms with Gasteiger partial charge in [-0.15, -0.1) is 0 Å². The number of carbonyl (C=O) groups is 2. The Bertz CT molecular complexity index is 473. The zero-order valence-corrected chi connectivity index (χ0v) is 9.26. The number of rotatable bonds is 5. The Kier molecular flexibility index (Phi) is 4.33. The zero-order valence-electron chi connectivity index (χ0n) is 9.26. The van der Waals surface area contributed by atoms with Gasteiger partial charge in [-0.2, -0.15) is 8.78 Å². The molecule has 0 radical (unpaired) electrons. The Hall–Kier alpha value is -2.02. The molecule has 0 saturated carbocycles. The molecule has 0 fully saturated rings. The van der Waals surface area contributed by atoms with Crippen LogP contribution in [0.4, 0.5) is 8.78 Å². The van der Waals surface area contributed by atoms with Crippen LogP contribution in [0.25, 0.3) is 0 Å². The molecule has 1 aromatic rings. The largest absolute Gasteiger partial charge is 0.479 e. The molecule has 0 saturated heterocycles. The third kappa shape index (κ3) is 3.01. The van der Waals surface area contributed by atoms with Gasteiger partial charge in [0.15, 0.2) is 12.4 Å². The summed E-state index contributed by atoms with van der Waals surface area (Å²) in [5, 5.41) is 18.0. The molecule has 0 bridgehead atoms. The van der Waals surface area contributed by atoms with Crippen LogP contribution in [-0.4, -0.2) is 29.1 Å². The predicted octanol–water partition coefficient (Wildman–Crippen LogP) is 1.53. The van der Waals surface area contributed by atoms with Crippen molar-refractivity contribution >= 4 is 12.3 Å². The Labute approximate surface area is 101 Å². The maximum atomic E-state index is 12.1. The Morgan fingerprint density at radius 1 is 1.44 bits per heavy atom. The third-order valence-electron chi connectivity index (χ3n) is 2.25. The molecule has 1 aromatic carbocycles. The summed E-state index contributed by atoms with van der Waals surface area (Å²) in [7, 11) is 0. The number of aliphatic hydroxyl groups is 1. The molecule has 0 amide bonds. The molecular weight excluding hydrogens is 250 g/mol. The van der Waals surface area contributed by atoms with Crippen LogP contribution in [-0.2, 0) is 4.79 Å². The molecule has 2 N–H and O–H groups in total. The SMILES string of the molecule is Cc1cc(C(O)C(=O)O)c(C=O)cc1OC(F)F.